The third-order valence-electron chi connectivity index (χ3n) is 3.18. The second-order valence-corrected chi connectivity index (χ2v) is 6.38. The summed E-state index contributed by atoms with van der Waals surface area (Å²) in [7, 11) is -0.673. The Hall–Kier alpha value is -0.970. The molecule has 4 nitrogen and oxygen atoms in total. The van der Waals surface area contributed by atoms with Crippen molar-refractivity contribution in [2.75, 3.05) is 11.1 Å². The third-order valence-corrected chi connectivity index (χ3v) is 4.92. The molecule has 1 aromatic heterocycles. The van der Waals surface area contributed by atoms with Gasteiger partial charge in [0.25, 0.3) is 0 Å². The Morgan fingerprint density at radius 3 is 2.88 bits per heavy atom. The van der Waals surface area contributed by atoms with Crippen molar-refractivity contribution in [3.8, 4) is 0 Å². The smallest absolute Gasteiger partial charge is 0.222 e. The first-order valence-corrected chi connectivity index (χ1v) is 7.58. The second-order valence-electron chi connectivity index (χ2n) is 4.37. The second kappa shape index (κ2) is 6.10. The summed E-state index contributed by atoms with van der Waals surface area (Å²) >= 11 is 0. The van der Waals surface area contributed by atoms with Crippen LogP contribution in [0.4, 0.5) is 5.95 Å². The largest absolute Gasteiger partial charge is 0.351 e. The van der Waals surface area contributed by atoms with Gasteiger partial charge in [-0.15, -0.1) is 0 Å². The zero-order chi connectivity index (χ0) is 12.1. The van der Waals surface area contributed by atoms with Crippen molar-refractivity contribution in [1.29, 1.82) is 0 Å². The molecule has 0 aromatic carbocycles. The molecule has 1 aromatic rings. The number of nitrogens with one attached hydrogen (secondary N) is 1. The molecular weight excluding hydrogens is 234 g/mol. The molecule has 3 atom stereocenters. The van der Waals surface area contributed by atoms with Crippen LogP contribution in [0.2, 0.25) is 0 Å². The average Bonchev–Trinajstić information content (AvgIpc) is 2.39. The summed E-state index contributed by atoms with van der Waals surface area (Å²) in [6.07, 6.45) is 7.79. The maximum Gasteiger partial charge on any atom is 0.222 e. The van der Waals surface area contributed by atoms with Gasteiger partial charge in [0.15, 0.2) is 0 Å². The minimum Gasteiger partial charge on any atom is -0.351 e. The Kier molecular flexibility index (Phi) is 4.48. The minimum absolute atomic E-state index is 0.343. The zero-order valence-electron chi connectivity index (χ0n) is 10.1. The van der Waals surface area contributed by atoms with E-state index in [1.165, 1.54) is 0 Å². The van der Waals surface area contributed by atoms with Crippen molar-refractivity contribution in [3.05, 3.63) is 18.5 Å². The Morgan fingerprint density at radius 2 is 2.18 bits per heavy atom. The van der Waals surface area contributed by atoms with Crippen LogP contribution < -0.4 is 5.32 Å². The molecule has 0 amide bonds. The lowest BCUT2D eigenvalue weighted by molar-refractivity contribution is 0.463. The van der Waals surface area contributed by atoms with Crippen molar-refractivity contribution in [3.63, 3.8) is 0 Å². The molecule has 2 rings (SSSR count). The number of rotatable bonds is 4. The fourth-order valence-electron chi connectivity index (χ4n) is 2.31. The molecule has 1 aliphatic rings. The monoisotopic (exact) mass is 253 g/mol. The van der Waals surface area contributed by atoms with Gasteiger partial charge in [0.2, 0.25) is 5.95 Å². The molecule has 3 unspecified atom stereocenters. The lowest BCUT2D eigenvalue weighted by Crippen LogP contribution is -2.33. The van der Waals surface area contributed by atoms with Gasteiger partial charge in [-0.25, -0.2) is 9.97 Å². The summed E-state index contributed by atoms with van der Waals surface area (Å²) in [4.78, 5) is 8.33. The predicted octanol–water partition coefficient (Wildman–Crippen LogP) is 1.97. The number of aromatic nitrogens is 2. The third kappa shape index (κ3) is 3.49. The Bertz CT molecular complexity index is 371. The van der Waals surface area contributed by atoms with Crippen LogP contribution in [0.25, 0.3) is 0 Å². The van der Waals surface area contributed by atoms with E-state index in [0.29, 0.717) is 17.2 Å². The highest BCUT2D eigenvalue weighted by molar-refractivity contribution is 7.85. The van der Waals surface area contributed by atoms with Gasteiger partial charge in [-0.1, -0.05) is 13.3 Å². The van der Waals surface area contributed by atoms with Crippen LogP contribution in [0.5, 0.6) is 0 Å². The fourth-order valence-corrected chi connectivity index (χ4v) is 3.65. The summed E-state index contributed by atoms with van der Waals surface area (Å²) in [6, 6.07) is 2.17. The van der Waals surface area contributed by atoms with Gasteiger partial charge >= 0.3 is 0 Å². The van der Waals surface area contributed by atoms with Crippen LogP contribution in [-0.4, -0.2) is 31.2 Å². The number of anilines is 1. The topological polar surface area (TPSA) is 54.9 Å². The van der Waals surface area contributed by atoms with Crippen LogP contribution in [0.3, 0.4) is 0 Å². The van der Waals surface area contributed by atoms with E-state index in [1.54, 1.807) is 18.5 Å². The molecule has 1 N–H and O–H groups in total. The van der Waals surface area contributed by atoms with E-state index in [0.717, 1.165) is 31.4 Å². The van der Waals surface area contributed by atoms with Crippen LogP contribution >= 0.6 is 0 Å². The van der Waals surface area contributed by atoms with Crippen molar-refractivity contribution in [2.45, 2.75) is 43.9 Å². The molecule has 1 heterocycles. The van der Waals surface area contributed by atoms with Crippen molar-refractivity contribution in [2.24, 2.45) is 0 Å². The SMILES string of the molecule is CCS(=O)C1CCCC(Nc2ncccn2)C1. The van der Waals surface area contributed by atoms with E-state index in [2.05, 4.69) is 15.3 Å². The molecule has 0 spiro atoms. The van der Waals surface area contributed by atoms with E-state index in [4.69, 9.17) is 0 Å². The minimum atomic E-state index is -0.673. The lowest BCUT2D eigenvalue weighted by Gasteiger charge is -2.28. The molecule has 94 valence electrons. The average molecular weight is 253 g/mol. The van der Waals surface area contributed by atoms with E-state index < -0.39 is 10.8 Å². The molecule has 1 saturated carbocycles. The van der Waals surface area contributed by atoms with E-state index in [9.17, 15) is 4.21 Å². The van der Waals surface area contributed by atoms with Gasteiger partial charge in [-0.2, -0.15) is 0 Å². The summed E-state index contributed by atoms with van der Waals surface area (Å²) in [5, 5.41) is 3.68. The lowest BCUT2D eigenvalue weighted by atomic mass is 9.95. The van der Waals surface area contributed by atoms with Crippen LogP contribution in [0.1, 0.15) is 32.6 Å². The Balaban J connectivity index is 1.92. The Morgan fingerprint density at radius 1 is 1.41 bits per heavy atom. The number of hydrogen-bond acceptors (Lipinski definition) is 4. The highest BCUT2D eigenvalue weighted by Gasteiger charge is 2.25. The first kappa shape index (κ1) is 12.5. The first-order valence-electron chi connectivity index (χ1n) is 6.20. The molecule has 5 heteroatoms. The molecular formula is C12H19N3OS. The van der Waals surface area contributed by atoms with Gasteiger partial charge in [0.05, 0.1) is 0 Å². The van der Waals surface area contributed by atoms with Crippen molar-refractivity contribution >= 4 is 16.7 Å². The molecule has 0 aliphatic heterocycles. The van der Waals surface area contributed by atoms with Gasteiger partial charge in [-0.3, -0.25) is 4.21 Å². The predicted molar refractivity (Wildman–Crippen MR) is 70.4 cm³/mol. The molecule has 1 aliphatic carbocycles. The molecule has 17 heavy (non-hydrogen) atoms. The maximum atomic E-state index is 11.8. The van der Waals surface area contributed by atoms with Gasteiger partial charge in [-0.05, 0) is 25.3 Å². The van der Waals surface area contributed by atoms with Crippen molar-refractivity contribution < 1.29 is 4.21 Å². The molecule has 1 fully saturated rings. The molecule has 0 radical (unpaired) electrons. The normalized spacial score (nSPS) is 26.4. The van der Waals surface area contributed by atoms with Crippen LogP contribution in [-0.2, 0) is 10.8 Å². The molecule has 0 saturated heterocycles. The number of nitrogens with zero attached hydrogens (tertiary/aromatic N) is 2. The Labute approximate surface area is 105 Å². The highest BCUT2D eigenvalue weighted by Crippen LogP contribution is 2.24. The van der Waals surface area contributed by atoms with E-state index in [-0.39, 0.29) is 0 Å². The van der Waals surface area contributed by atoms with E-state index >= 15 is 0 Å². The van der Waals surface area contributed by atoms with Gasteiger partial charge in [0, 0.05) is 40.2 Å². The van der Waals surface area contributed by atoms with Gasteiger partial charge < -0.3 is 5.32 Å². The summed E-state index contributed by atoms with van der Waals surface area (Å²) < 4.78 is 11.8. The summed E-state index contributed by atoms with van der Waals surface area (Å²) in [6.45, 7) is 1.99. The van der Waals surface area contributed by atoms with E-state index in [1.807, 2.05) is 6.92 Å². The summed E-state index contributed by atoms with van der Waals surface area (Å²) in [5.41, 5.74) is 0. The quantitative estimate of drug-likeness (QED) is 0.891. The fraction of sp³-hybridized carbons (Fsp3) is 0.667. The maximum absolute atomic E-state index is 11.8. The molecule has 0 bridgehead atoms. The van der Waals surface area contributed by atoms with Gasteiger partial charge in [0.1, 0.15) is 0 Å². The van der Waals surface area contributed by atoms with Crippen molar-refractivity contribution in [1.82, 2.24) is 9.97 Å². The van der Waals surface area contributed by atoms with Crippen LogP contribution in [0, 0.1) is 0 Å². The number of hydrogen-bond donors (Lipinski definition) is 1. The zero-order valence-corrected chi connectivity index (χ0v) is 10.9. The first-order chi connectivity index (χ1) is 8.29. The highest BCUT2D eigenvalue weighted by atomic mass is 32.2. The standard InChI is InChI=1S/C12H19N3OS/c1-2-17(16)11-6-3-5-10(9-11)15-12-13-7-4-8-14-12/h4,7-8,10-11H,2-3,5-6,9H2,1H3,(H,13,14,15). The van der Waals surface area contributed by atoms with Crippen LogP contribution in [0.15, 0.2) is 18.5 Å². The summed E-state index contributed by atoms with van der Waals surface area (Å²) in [5.74, 6) is 1.44.